The standard InChI is InChI=1S/C13H18N2O/c14-11-5-3-4-10-12(6-9-16-13(10)11)15-7-1-2-8-15/h3-5,12H,1-2,6-9,14H2. The highest BCUT2D eigenvalue weighted by Gasteiger charge is 2.29. The predicted octanol–water partition coefficient (Wildman–Crippen LogP) is 2.19. The quantitative estimate of drug-likeness (QED) is 0.734. The molecule has 1 fully saturated rings. The Labute approximate surface area is 96.2 Å². The number of para-hydroxylation sites is 1. The first-order valence-electron chi connectivity index (χ1n) is 6.11. The number of ether oxygens (including phenoxy) is 1. The van der Waals surface area contributed by atoms with E-state index in [2.05, 4.69) is 11.0 Å². The number of nitrogens with zero attached hydrogens (tertiary/aromatic N) is 1. The molecule has 0 saturated carbocycles. The summed E-state index contributed by atoms with van der Waals surface area (Å²) in [5, 5.41) is 0. The van der Waals surface area contributed by atoms with Crippen molar-refractivity contribution in [3.8, 4) is 5.75 Å². The van der Waals surface area contributed by atoms with Crippen molar-refractivity contribution >= 4 is 5.69 Å². The molecule has 0 bridgehead atoms. The molecule has 0 amide bonds. The van der Waals surface area contributed by atoms with E-state index in [1.54, 1.807) is 0 Å². The summed E-state index contributed by atoms with van der Waals surface area (Å²) in [6.45, 7) is 3.24. The van der Waals surface area contributed by atoms with E-state index < -0.39 is 0 Å². The van der Waals surface area contributed by atoms with E-state index in [-0.39, 0.29) is 0 Å². The molecule has 2 aliphatic rings. The van der Waals surface area contributed by atoms with Crippen molar-refractivity contribution in [2.24, 2.45) is 0 Å². The minimum absolute atomic E-state index is 0.523. The second-order valence-corrected chi connectivity index (χ2v) is 4.66. The van der Waals surface area contributed by atoms with Gasteiger partial charge in [-0.05, 0) is 32.0 Å². The second-order valence-electron chi connectivity index (χ2n) is 4.66. The molecule has 0 spiro atoms. The fourth-order valence-electron chi connectivity index (χ4n) is 2.86. The summed E-state index contributed by atoms with van der Waals surface area (Å²) in [6, 6.07) is 6.64. The van der Waals surface area contributed by atoms with Crippen LogP contribution in [0, 0.1) is 0 Å². The highest BCUT2D eigenvalue weighted by atomic mass is 16.5. The average Bonchev–Trinajstić information content (AvgIpc) is 2.82. The third-order valence-electron chi connectivity index (χ3n) is 3.65. The van der Waals surface area contributed by atoms with Crippen LogP contribution in [0.1, 0.15) is 30.9 Å². The number of benzene rings is 1. The molecule has 0 aromatic heterocycles. The lowest BCUT2D eigenvalue weighted by Gasteiger charge is -2.33. The number of hydrogen-bond acceptors (Lipinski definition) is 3. The number of fused-ring (bicyclic) bond motifs is 1. The van der Waals surface area contributed by atoms with E-state index in [0.29, 0.717) is 6.04 Å². The number of nitrogens with two attached hydrogens (primary N) is 1. The molecule has 1 aromatic rings. The Morgan fingerprint density at radius 2 is 2.06 bits per heavy atom. The van der Waals surface area contributed by atoms with Gasteiger partial charge in [-0.3, -0.25) is 4.90 Å². The van der Waals surface area contributed by atoms with Crippen molar-refractivity contribution < 1.29 is 4.74 Å². The van der Waals surface area contributed by atoms with E-state index in [9.17, 15) is 0 Å². The van der Waals surface area contributed by atoms with Crippen LogP contribution in [0.3, 0.4) is 0 Å². The Balaban J connectivity index is 1.96. The van der Waals surface area contributed by atoms with Gasteiger partial charge in [-0.1, -0.05) is 12.1 Å². The fourth-order valence-corrected chi connectivity index (χ4v) is 2.86. The van der Waals surface area contributed by atoms with Gasteiger partial charge >= 0.3 is 0 Å². The molecule has 86 valence electrons. The lowest BCUT2D eigenvalue weighted by molar-refractivity contribution is 0.166. The number of likely N-dealkylation sites (tertiary alicyclic amines) is 1. The average molecular weight is 218 g/mol. The van der Waals surface area contributed by atoms with Gasteiger partial charge in [0.15, 0.2) is 0 Å². The minimum atomic E-state index is 0.523. The molecule has 1 aromatic carbocycles. The number of anilines is 1. The summed E-state index contributed by atoms with van der Waals surface area (Å²) in [6.07, 6.45) is 3.75. The molecule has 0 aliphatic carbocycles. The summed E-state index contributed by atoms with van der Waals surface area (Å²) in [5.74, 6) is 0.922. The second kappa shape index (κ2) is 3.98. The molecule has 3 nitrogen and oxygen atoms in total. The Bertz CT molecular complexity index is 386. The largest absolute Gasteiger partial charge is 0.491 e. The minimum Gasteiger partial charge on any atom is -0.491 e. The van der Waals surface area contributed by atoms with Crippen LogP contribution in [0.15, 0.2) is 18.2 Å². The van der Waals surface area contributed by atoms with Crippen LogP contribution < -0.4 is 10.5 Å². The smallest absolute Gasteiger partial charge is 0.146 e. The van der Waals surface area contributed by atoms with Gasteiger partial charge in [-0.15, -0.1) is 0 Å². The van der Waals surface area contributed by atoms with Crippen LogP contribution in [0.5, 0.6) is 5.75 Å². The van der Waals surface area contributed by atoms with Gasteiger partial charge in [-0.2, -0.15) is 0 Å². The lowest BCUT2D eigenvalue weighted by atomic mass is 9.98. The van der Waals surface area contributed by atoms with Crippen LogP contribution in [0.25, 0.3) is 0 Å². The Morgan fingerprint density at radius 1 is 1.25 bits per heavy atom. The molecule has 0 radical (unpaired) electrons. The van der Waals surface area contributed by atoms with Crippen molar-refractivity contribution in [2.75, 3.05) is 25.4 Å². The monoisotopic (exact) mass is 218 g/mol. The highest BCUT2D eigenvalue weighted by molar-refractivity contribution is 5.58. The third kappa shape index (κ3) is 1.55. The molecule has 2 N–H and O–H groups in total. The van der Waals surface area contributed by atoms with E-state index in [0.717, 1.165) is 24.5 Å². The van der Waals surface area contributed by atoms with Gasteiger partial charge in [0.25, 0.3) is 0 Å². The maximum atomic E-state index is 5.96. The molecule has 1 atom stereocenters. The maximum Gasteiger partial charge on any atom is 0.146 e. The molecule has 3 heteroatoms. The molecule has 1 unspecified atom stereocenters. The van der Waals surface area contributed by atoms with E-state index >= 15 is 0 Å². The van der Waals surface area contributed by atoms with Gasteiger partial charge in [0.1, 0.15) is 5.75 Å². The zero-order chi connectivity index (χ0) is 11.0. The first-order valence-corrected chi connectivity index (χ1v) is 6.11. The van der Waals surface area contributed by atoms with Gasteiger partial charge in [0.2, 0.25) is 0 Å². The first kappa shape index (κ1) is 9.97. The molecule has 1 saturated heterocycles. The Hall–Kier alpha value is -1.22. The van der Waals surface area contributed by atoms with Crippen molar-refractivity contribution in [3.63, 3.8) is 0 Å². The predicted molar refractivity (Wildman–Crippen MR) is 64.5 cm³/mol. The van der Waals surface area contributed by atoms with E-state index in [4.69, 9.17) is 10.5 Å². The topological polar surface area (TPSA) is 38.5 Å². The number of nitrogen functional groups attached to an aromatic ring is 1. The van der Waals surface area contributed by atoms with Crippen molar-refractivity contribution in [1.29, 1.82) is 0 Å². The summed E-state index contributed by atoms with van der Waals surface area (Å²) in [7, 11) is 0. The SMILES string of the molecule is Nc1cccc2c1OCCC2N1CCCC1. The van der Waals surface area contributed by atoms with Crippen molar-refractivity contribution in [3.05, 3.63) is 23.8 Å². The molecule has 16 heavy (non-hydrogen) atoms. The first-order chi connectivity index (χ1) is 7.86. The normalized spacial score (nSPS) is 25.1. The van der Waals surface area contributed by atoms with Crippen LogP contribution in [-0.4, -0.2) is 24.6 Å². The van der Waals surface area contributed by atoms with Gasteiger partial charge in [0.05, 0.1) is 12.3 Å². The van der Waals surface area contributed by atoms with E-state index in [1.807, 2.05) is 12.1 Å². The Kier molecular flexibility index (Phi) is 2.48. The van der Waals surface area contributed by atoms with Crippen molar-refractivity contribution in [2.45, 2.75) is 25.3 Å². The summed E-state index contributed by atoms with van der Waals surface area (Å²) < 4.78 is 5.69. The fraction of sp³-hybridized carbons (Fsp3) is 0.538. The van der Waals surface area contributed by atoms with Gasteiger partial charge in [0, 0.05) is 18.0 Å². The molecule has 3 rings (SSSR count). The Morgan fingerprint density at radius 3 is 2.88 bits per heavy atom. The molecular weight excluding hydrogens is 200 g/mol. The molecular formula is C13H18N2O. The summed E-state index contributed by atoms with van der Waals surface area (Å²) >= 11 is 0. The van der Waals surface area contributed by atoms with Crippen LogP contribution in [0.2, 0.25) is 0 Å². The van der Waals surface area contributed by atoms with Crippen LogP contribution >= 0.6 is 0 Å². The van der Waals surface area contributed by atoms with E-state index in [1.165, 1.54) is 31.5 Å². The van der Waals surface area contributed by atoms with Crippen molar-refractivity contribution in [1.82, 2.24) is 4.90 Å². The highest BCUT2D eigenvalue weighted by Crippen LogP contribution is 2.40. The van der Waals surface area contributed by atoms with Crippen LogP contribution in [0.4, 0.5) is 5.69 Å². The zero-order valence-electron chi connectivity index (χ0n) is 9.48. The van der Waals surface area contributed by atoms with Crippen LogP contribution in [-0.2, 0) is 0 Å². The molecule has 2 heterocycles. The summed E-state index contributed by atoms with van der Waals surface area (Å²) in [5.41, 5.74) is 8.02. The third-order valence-corrected chi connectivity index (χ3v) is 3.65. The number of rotatable bonds is 1. The number of hydrogen-bond donors (Lipinski definition) is 1. The van der Waals surface area contributed by atoms with Gasteiger partial charge < -0.3 is 10.5 Å². The zero-order valence-corrected chi connectivity index (χ0v) is 9.48. The lowest BCUT2D eigenvalue weighted by Crippen LogP contribution is -2.30. The van der Waals surface area contributed by atoms with Gasteiger partial charge in [-0.25, -0.2) is 0 Å². The summed E-state index contributed by atoms with van der Waals surface area (Å²) in [4.78, 5) is 2.57. The molecule has 2 aliphatic heterocycles. The maximum absolute atomic E-state index is 5.96.